The van der Waals surface area contributed by atoms with Crippen LogP contribution in [0.4, 0.5) is 9.18 Å². The van der Waals surface area contributed by atoms with Gasteiger partial charge in [-0.05, 0) is 60.9 Å². The van der Waals surface area contributed by atoms with E-state index >= 15 is 0 Å². The zero-order valence-electron chi connectivity index (χ0n) is 22.1. The molecule has 0 bridgehead atoms. The molecule has 1 spiro atoms. The second kappa shape index (κ2) is 9.18. The van der Waals surface area contributed by atoms with Crippen molar-refractivity contribution in [2.24, 2.45) is 13.0 Å². The second-order valence-corrected chi connectivity index (χ2v) is 11.2. The summed E-state index contributed by atoms with van der Waals surface area (Å²) in [4.78, 5) is 43.3. The zero-order chi connectivity index (χ0) is 27.6. The highest BCUT2D eigenvalue weighted by Gasteiger charge is 2.57. The van der Waals surface area contributed by atoms with Crippen LogP contribution in [0, 0.1) is 11.7 Å². The molecule has 3 aromatic rings. The van der Waals surface area contributed by atoms with Crippen molar-refractivity contribution in [1.29, 1.82) is 0 Å². The molecule has 3 amide bonds. The van der Waals surface area contributed by atoms with Crippen LogP contribution in [0.2, 0.25) is 0 Å². The number of benzene rings is 2. The number of aryl methyl sites for hydroxylation is 2. The molecule has 3 heterocycles. The molecular formula is C30H29FN4O5. The lowest BCUT2D eigenvalue weighted by Crippen LogP contribution is -2.49. The number of amides is 3. The van der Waals surface area contributed by atoms with Crippen LogP contribution < -0.4 is 4.74 Å². The molecule has 9 nitrogen and oxygen atoms in total. The van der Waals surface area contributed by atoms with Gasteiger partial charge in [-0.3, -0.25) is 14.3 Å². The predicted octanol–water partition coefficient (Wildman–Crippen LogP) is 3.94. The molecule has 4 aliphatic rings. The van der Waals surface area contributed by atoms with E-state index in [9.17, 15) is 18.8 Å². The van der Waals surface area contributed by atoms with Crippen molar-refractivity contribution in [2.75, 3.05) is 13.2 Å². The van der Waals surface area contributed by atoms with E-state index in [0.29, 0.717) is 29.7 Å². The number of rotatable bonds is 4. The van der Waals surface area contributed by atoms with Crippen molar-refractivity contribution in [2.45, 2.75) is 50.3 Å². The molecule has 2 fully saturated rings. The summed E-state index contributed by atoms with van der Waals surface area (Å²) in [6, 6.07) is 9.85. The Balaban J connectivity index is 1.16. The topological polar surface area (TPSA) is 94.0 Å². The van der Waals surface area contributed by atoms with Crippen LogP contribution in [0.25, 0.3) is 11.1 Å². The molecule has 2 aromatic carbocycles. The summed E-state index contributed by atoms with van der Waals surface area (Å²) < 4.78 is 27.5. The second-order valence-electron chi connectivity index (χ2n) is 11.2. The maximum Gasteiger partial charge on any atom is 0.418 e. The van der Waals surface area contributed by atoms with Gasteiger partial charge in [0.25, 0.3) is 5.91 Å². The van der Waals surface area contributed by atoms with Gasteiger partial charge in [0.1, 0.15) is 24.7 Å². The molecule has 0 radical (unpaired) electrons. The quantitative estimate of drug-likeness (QED) is 0.494. The Morgan fingerprint density at radius 1 is 1.12 bits per heavy atom. The molecular weight excluding hydrogens is 515 g/mol. The molecule has 40 heavy (non-hydrogen) atoms. The number of nitrogens with zero attached hydrogens (tertiary/aromatic N) is 4. The van der Waals surface area contributed by atoms with Crippen molar-refractivity contribution in [3.05, 3.63) is 71.3 Å². The summed E-state index contributed by atoms with van der Waals surface area (Å²) in [5.74, 6) is -0.496. The highest BCUT2D eigenvalue weighted by atomic mass is 19.1. The van der Waals surface area contributed by atoms with Gasteiger partial charge in [0.15, 0.2) is 0 Å². The SMILES string of the molecule is Cn1cc(-c2ccc3c(c2)CCC[C@@]32OC(=O)N(CC(=O)N3Cc4cc(F)ccc4OC[C@H]3C3CC3)C2=O)cn1. The van der Waals surface area contributed by atoms with Crippen LogP contribution >= 0.6 is 0 Å². The zero-order valence-corrected chi connectivity index (χ0v) is 22.1. The van der Waals surface area contributed by atoms with Crippen LogP contribution in [0.1, 0.15) is 42.4 Å². The number of carbonyl (C=O) groups is 3. The first-order valence-electron chi connectivity index (χ1n) is 13.7. The van der Waals surface area contributed by atoms with Crippen LogP contribution in [0.3, 0.4) is 0 Å². The van der Waals surface area contributed by atoms with Crippen LogP contribution in [-0.4, -0.2) is 56.7 Å². The normalized spacial score (nSPS) is 23.9. The average Bonchev–Trinajstić information content (AvgIpc) is 3.68. The Morgan fingerprint density at radius 3 is 2.75 bits per heavy atom. The van der Waals surface area contributed by atoms with Gasteiger partial charge in [0.05, 0.1) is 12.2 Å². The van der Waals surface area contributed by atoms with Gasteiger partial charge in [0.2, 0.25) is 11.5 Å². The van der Waals surface area contributed by atoms with Gasteiger partial charge >= 0.3 is 6.09 Å². The lowest BCUT2D eigenvalue weighted by molar-refractivity contribution is -0.144. The molecule has 0 unspecified atom stereocenters. The fourth-order valence-electron chi connectivity index (χ4n) is 6.37. The smallest absolute Gasteiger partial charge is 0.418 e. The van der Waals surface area contributed by atoms with Gasteiger partial charge < -0.3 is 14.4 Å². The van der Waals surface area contributed by atoms with E-state index < -0.39 is 30.0 Å². The van der Waals surface area contributed by atoms with E-state index in [2.05, 4.69) is 5.10 Å². The molecule has 2 aliphatic heterocycles. The monoisotopic (exact) mass is 544 g/mol. The number of aromatic nitrogens is 2. The maximum absolute atomic E-state index is 14.0. The van der Waals surface area contributed by atoms with Crippen LogP contribution in [-0.2, 0) is 39.9 Å². The summed E-state index contributed by atoms with van der Waals surface area (Å²) in [6.45, 7) is -0.00430. The van der Waals surface area contributed by atoms with Crippen LogP contribution in [0.15, 0.2) is 48.8 Å². The molecule has 1 saturated heterocycles. The first kappa shape index (κ1) is 24.8. The lowest BCUT2D eigenvalue weighted by atomic mass is 9.77. The van der Waals surface area contributed by atoms with E-state index in [-0.39, 0.29) is 31.0 Å². The van der Waals surface area contributed by atoms with E-state index in [1.807, 2.05) is 31.4 Å². The molecule has 2 atom stereocenters. The number of hydrogen-bond donors (Lipinski definition) is 0. The molecule has 1 aromatic heterocycles. The fraction of sp³-hybridized carbons (Fsp3) is 0.400. The van der Waals surface area contributed by atoms with Crippen molar-refractivity contribution in [3.8, 4) is 16.9 Å². The van der Waals surface area contributed by atoms with Gasteiger partial charge in [-0.1, -0.05) is 18.2 Å². The number of ether oxygens (including phenoxy) is 2. The first-order valence-corrected chi connectivity index (χ1v) is 13.7. The highest BCUT2D eigenvalue weighted by Crippen LogP contribution is 2.45. The van der Waals surface area contributed by atoms with Crippen LogP contribution in [0.5, 0.6) is 5.75 Å². The predicted molar refractivity (Wildman–Crippen MR) is 140 cm³/mol. The molecule has 7 rings (SSSR count). The minimum atomic E-state index is -1.44. The third kappa shape index (κ3) is 4.04. The van der Waals surface area contributed by atoms with E-state index in [4.69, 9.17) is 9.47 Å². The summed E-state index contributed by atoms with van der Waals surface area (Å²) >= 11 is 0. The van der Waals surface area contributed by atoms with Gasteiger partial charge in [-0.25, -0.2) is 14.1 Å². The number of hydrogen-bond acceptors (Lipinski definition) is 6. The van der Waals surface area contributed by atoms with Crippen molar-refractivity contribution in [1.82, 2.24) is 19.6 Å². The minimum absolute atomic E-state index is 0.148. The Bertz CT molecular complexity index is 1550. The van der Waals surface area contributed by atoms with Crippen molar-refractivity contribution in [3.63, 3.8) is 0 Å². The van der Waals surface area contributed by atoms with Crippen molar-refractivity contribution < 1.29 is 28.2 Å². The van der Waals surface area contributed by atoms with E-state index in [0.717, 1.165) is 40.9 Å². The van der Waals surface area contributed by atoms with Crippen molar-refractivity contribution >= 4 is 17.9 Å². The van der Waals surface area contributed by atoms with E-state index in [1.54, 1.807) is 21.8 Å². The fourth-order valence-corrected chi connectivity index (χ4v) is 6.37. The van der Waals surface area contributed by atoms with Gasteiger partial charge in [0, 0.05) is 42.9 Å². The summed E-state index contributed by atoms with van der Waals surface area (Å²) in [5.41, 5.74) is 2.67. The number of fused-ring (bicyclic) bond motifs is 3. The Morgan fingerprint density at radius 2 is 1.98 bits per heavy atom. The Kier molecular flexibility index (Phi) is 5.69. The van der Waals surface area contributed by atoms with Gasteiger partial charge in [-0.2, -0.15) is 5.10 Å². The molecule has 2 aliphatic carbocycles. The largest absolute Gasteiger partial charge is 0.491 e. The average molecular weight is 545 g/mol. The number of imide groups is 1. The third-order valence-electron chi connectivity index (χ3n) is 8.58. The lowest BCUT2D eigenvalue weighted by Gasteiger charge is -2.32. The highest BCUT2D eigenvalue weighted by molar-refractivity contribution is 6.06. The summed E-state index contributed by atoms with van der Waals surface area (Å²) in [6.07, 6.45) is 6.59. The third-order valence-corrected chi connectivity index (χ3v) is 8.58. The summed E-state index contributed by atoms with van der Waals surface area (Å²) in [5, 5.41) is 4.24. The molecule has 1 saturated carbocycles. The van der Waals surface area contributed by atoms with E-state index in [1.165, 1.54) is 12.1 Å². The number of halogens is 1. The first-order chi connectivity index (χ1) is 19.3. The molecule has 206 valence electrons. The summed E-state index contributed by atoms with van der Waals surface area (Å²) in [7, 11) is 1.85. The molecule has 10 heteroatoms. The number of carbonyl (C=O) groups excluding carboxylic acids is 3. The van der Waals surface area contributed by atoms with Gasteiger partial charge in [-0.15, -0.1) is 0 Å². The molecule has 0 N–H and O–H groups in total. The Hall–Kier alpha value is -4.21. The Labute approximate surface area is 230 Å². The minimum Gasteiger partial charge on any atom is -0.491 e. The standard InChI is InChI=1S/C30H29FN4O5/c1-33-14-22(13-32-33)19-6-8-24-20(11-19)3-2-10-30(24)28(37)35(29(38)40-30)16-27(36)34-15-21-12-23(31)7-9-26(21)39-17-25(34)18-4-5-18/h6-9,11-14,18,25H,2-5,10,15-17H2,1H3/t25-,30+/m0/s1. The maximum atomic E-state index is 14.0.